The molecule has 0 bridgehead atoms. The summed E-state index contributed by atoms with van der Waals surface area (Å²) in [5.41, 5.74) is 1.59. The molecule has 0 saturated heterocycles. The first-order chi connectivity index (χ1) is 11.8. The molecular formula is C18H18N2O4. The van der Waals surface area contributed by atoms with Gasteiger partial charge in [0.2, 0.25) is 0 Å². The third-order valence-corrected chi connectivity index (χ3v) is 3.03. The Labute approximate surface area is 140 Å². The average Bonchev–Trinajstić information content (AvgIpc) is 2.61. The minimum atomic E-state index is 0.433. The highest BCUT2D eigenvalue weighted by atomic mass is 16.5. The van der Waals surface area contributed by atoms with Crippen LogP contribution in [0.1, 0.15) is 11.1 Å². The van der Waals surface area contributed by atoms with Crippen LogP contribution < -0.4 is 9.47 Å². The van der Waals surface area contributed by atoms with E-state index in [9.17, 15) is 0 Å². The Balaban J connectivity index is 1.69. The summed E-state index contributed by atoms with van der Waals surface area (Å²) in [6.07, 6.45) is 6.44. The molecule has 2 N–H and O–H groups in total. The largest absolute Gasteiger partial charge is 0.490 e. The van der Waals surface area contributed by atoms with E-state index in [1.807, 2.05) is 12.2 Å². The lowest BCUT2D eigenvalue weighted by Gasteiger charge is -2.04. The second-order valence-electron chi connectivity index (χ2n) is 4.72. The molecule has 124 valence electrons. The van der Waals surface area contributed by atoms with Gasteiger partial charge in [-0.25, -0.2) is 0 Å². The highest BCUT2D eigenvalue weighted by Gasteiger charge is 1.94. The fourth-order valence-electron chi connectivity index (χ4n) is 1.86. The van der Waals surface area contributed by atoms with Crippen LogP contribution in [0.3, 0.4) is 0 Å². The molecule has 24 heavy (non-hydrogen) atoms. The van der Waals surface area contributed by atoms with E-state index in [-0.39, 0.29) is 0 Å². The van der Waals surface area contributed by atoms with E-state index >= 15 is 0 Å². The molecule has 0 aliphatic carbocycles. The molecule has 0 radical (unpaired) electrons. The van der Waals surface area contributed by atoms with Gasteiger partial charge in [-0.2, -0.15) is 0 Å². The van der Waals surface area contributed by atoms with Crippen LogP contribution in [0.2, 0.25) is 0 Å². The minimum absolute atomic E-state index is 0.433. The van der Waals surface area contributed by atoms with Gasteiger partial charge >= 0.3 is 0 Å². The maximum atomic E-state index is 8.43. The lowest BCUT2D eigenvalue weighted by molar-refractivity contribution is 0.321. The molecule has 0 fully saturated rings. The quantitative estimate of drug-likeness (QED) is 0.337. The zero-order valence-corrected chi connectivity index (χ0v) is 12.9. The van der Waals surface area contributed by atoms with Gasteiger partial charge in [0.05, 0.1) is 12.4 Å². The van der Waals surface area contributed by atoms with Crippen LogP contribution in [0, 0.1) is 0 Å². The van der Waals surface area contributed by atoms with Crippen LogP contribution in [0.4, 0.5) is 0 Å². The van der Waals surface area contributed by atoms with E-state index in [0.717, 1.165) is 22.6 Å². The highest BCUT2D eigenvalue weighted by molar-refractivity contribution is 5.79. The normalized spacial score (nSPS) is 11.5. The van der Waals surface area contributed by atoms with Crippen LogP contribution >= 0.6 is 0 Å². The number of hydrogen-bond acceptors (Lipinski definition) is 6. The second-order valence-corrected chi connectivity index (χ2v) is 4.72. The molecule has 0 atom stereocenters. The summed E-state index contributed by atoms with van der Waals surface area (Å²) in [5, 5.41) is 22.8. The van der Waals surface area contributed by atoms with Crippen molar-refractivity contribution in [2.45, 2.75) is 0 Å². The van der Waals surface area contributed by atoms with Crippen LogP contribution in [0.5, 0.6) is 11.5 Å². The van der Waals surface area contributed by atoms with Crippen LogP contribution in [-0.4, -0.2) is 36.1 Å². The summed E-state index contributed by atoms with van der Waals surface area (Å²) in [6, 6.07) is 14.4. The number of nitrogens with zero attached hydrogens (tertiary/aromatic N) is 2. The molecule has 0 aliphatic rings. The molecule has 2 rings (SSSR count). The van der Waals surface area contributed by atoms with Crippen molar-refractivity contribution in [3.63, 3.8) is 0 Å². The van der Waals surface area contributed by atoms with Crippen LogP contribution in [0.25, 0.3) is 0 Å². The Morgan fingerprint density at radius 1 is 0.667 bits per heavy atom. The molecule has 0 amide bonds. The van der Waals surface area contributed by atoms with E-state index in [4.69, 9.17) is 19.9 Å². The van der Waals surface area contributed by atoms with Crippen molar-refractivity contribution in [3.8, 4) is 11.5 Å². The highest BCUT2D eigenvalue weighted by Crippen LogP contribution is 2.12. The molecule has 2 aromatic rings. The Bertz CT molecular complexity index is 630. The second kappa shape index (κ2) is 9.68. The van der Waals surface area contributed by atoms with E-state index in [0.29, 0.717) is 13.2 Å². The number of hydrogen-bond donors (Lipinski definition) is 2. The summed E-state index contributed by atoms with van der Waals surface area (Å²) >= 11 is 0. The third kappa shape index (κ3) is 5.84. The van der Waals surface area contributed by atoms with Crippen LogP contribution in [0.15, 0.2) is 71.0 Å². The standard InChI is InChI=1S/C18H18N2O4/c21-19-13-15-3-7-17(8-4-15)23-11-1-2-12-24-18-9-5-16(6-10-18)14-20-22/h1-10,13-14,21-22H,11-12H2. The first-order valence-electron chi connectivity index (χ1n) is 7.27. The van der Waals surface area contributed by atoms with E-state index in [2.05, 4.69) is 10.3 Å². The number of oxime groups is 2. The smallest absolute Gasteiger partial charge is 0.119 e. The first-order valence-corrected chi connectivity index (χ1v) is 7.27. The molecule has 2 aromatic carbocycles. The zero-order valence-electron chi connectivity index (χ0n) is 12.9. The van der Waals surface area contributed by atoms with Gasteiger partial charge in [0, 0.05) is 0 Å². The number of benzene rings is 2. The van der Waals surface area contributed by atoms with Crippen molar-refractivity contribution in [1.29, 1.82) is 0 Å². The Hall–Kier alpha value is -3.28. The van der Waals surface area contributed by atoms with E-state index in [1.54, 1.807) is 48.5 Å². The SMILES string of the molecule is ON=Cc1ccc(OCC=CCOc2ccc(C=NO)cc2)cc1. The predicted octanol–water partition coefficient (Wildman–Crippen LogP) is 3.32. The molecule has 0 aliphatic heterocycles. The van der Waals surface area contributed by atoms with Gasteiger partial charge in [-0.05, 0) is 71.8 Å². The van der Waals surface area contributed by atoms with Crippen molar-refractivity contribution >= 4 is 12.4 Å². The Morgan fingerprint density at radius 3 is 1.38 bits per heavy atom. The van der Waals surface area contributed by atoms with Crippen molar-refractivity contribution in [2.75, 3.05) is 13.2 Å². The van der Waals surface area contributed by atoms with Gasteiger partial charge in [0.15, 0.2) is 0 Å². The Morgan fingerprint density at radius 2 is 1.04 bits per heavy atom. The number of rotatable bonds is 8. The van der Waals surface area contributed by atoms with Gasteiger partial charge in [-0.15, -0.1) is 0 Å². The average molecular weight is 326 g/mol. The molecular weight excluding hydrogens is 308 g/mol. The zero-order chi connectivity index (χ0) is 17.0. The molecule has 0 spiro atoms. The predicted molar refractivity (Wildman–Crippen MR) is 91.8 cm³/mol. The summed E-state index contributed by atoms with van der Waals surface area (Å²) in [6.45, 7) is 0.866. The summed E-state index contributed by atoms with van der Waals surface area (Å²) in [5.74, 6) is 1.47. The van der Waals surface area contributed by atoms with Gasteiger partial charge in [-0.1, -0.05) is 10.3 Å². The topological polar surface area (TPSA) is 83.6 Å². The van der Waals surface area contributed by atoms with Crippen LogP contribution in [-0.2, 0) is 0 Å². The van der Waals surface area contributed by atoms with Crippen molar-refractivity contribution in [2.24, 2.45) is 10.3 Å². The molecule has 0 unspecified atom stereocenters. The van der Waals surface area contributed by atoms with E-state index in [1.165, 1.54) is 12.4 Å². The van der Waals surface area contributed by atoms with Gasteiger partial charge in [0.1, 0.15) is 24.7 Å². The summed E-state index contributed by atoms with van der Waals surface area (Å²) < 4.78 is 11.1. The fraction of sp³-hybridized carbons (Fsp3) is 0.111. The van der Waals surface area contributed by atoms with Crippen molar-refractivity contribution < 1.29 is 19.9 Å². The summed E-state index contributed by atoms with van der Waals surface area (Å²) in [4.78, 5) is 0. The lowest BCUT2D eigenvalue weighted by atomic mass is 10.2. The first kappa shape index (κ1) is 17.1. The molecule has 6 heteroatoms. The lowest BCUT2D eigenvalue weighted by Crippen LogP contribution is -1.97. The van der Waals surface area contributed by atoms with Crippen molar-refractivity contribution in [3.05, 3.63) is 71.8 Å². The molecule has 0 aromatic heterocycles. The fourth-order valence-corrected chi connectivity index (χ4v) is 1.86. The Kier molecular flexibility index (Phi) is 6.89. The summed E-state index contributed by atoms with van der Waals surface area (Å²) in [7, 11) is 0. The molecule has 0 heterocycles. The number of ether oxygens (including phenoxy) is 2. The van der Waals surface area contributed by atoms with Gasteiger partial charge in [0.25, 0.3) is 0 Å². The molecule has 6 nitrogen and oxygen atoms in total. The van der Waals surface area contributed by atoms with E-state index < -0.39 is 0 Å². The monoisotopic (exact) mass is 326 g/mol. The molecule has 0 saturated carbocycles. The maximum absolute atomic E-state index is 8.43. The van der Waals surface area contributed by atoms with Gasteiger partial charge < -0.3 is 19.9 Å². The van der Waals surface area contributed by atoms with Gasteiger partial charge in [-0.3, -0.25) is 0 Å². The van der Waals surface area contributed by atoms with Crippen molar-refractivity contribution in [1.82, 2.24) is 0 Å². The maximum Gasteiger partial charge on any atom is 0.119 e. The third-order valence-electron chi connectivity index (χ3n) is 3.03. The minimum Gasteiger partial charge on any atom is -0.490 e.